The van der Waals surface area contributed by atoms with Crippen LogP contribution in [0.4, 0.5) is 0 Å². The van der Waals surface area contributed by atoms with Crippen molar-refractivity contribution in [2.75, 3.05) is 0 Å². The second-order valence-corrected chi connectivity index (χ2v) is 7.80. The summed E-state index contributed by atoms with van der Waals surface area (Å²) in [4.78, 5) is 0. The van der Waals surface area contributed by atoms with E-state index in [1.165, 1.54) is 28.8 Å². The highest BCUT2D eigenvalue weighted by molar-refractivity contribution is 5.67. The van der Waals surface area contributed by atoms with Gasteiger partial charge >= 0.3 is 0 Å². The summed E-state index contributed by atoms with van der Waals surface area (Å²) in [5.41, 5.74) is 7.74. The molecule has 1 aliphatic rings. The average molecular weight is 280 g/mol. The molecule has 0 saturated heterocycles. The van der Waals surface area contributed by atoms with Crippen LogP contribution in [0.1, 0.15) is 50.8 Å². The van der Waals surface area contributed by atoms with Gasteiger partial charge in [-0.2, -0.15) is 0 Å². The molecule has 2 aromatic rings. The van der Waals surface area contributed by atoms with Crippen LogP contribution in [0.2, 0.25) is 0 Å². The average Bonchev–Trinajstić information content (AvgIpc) is 2.57. The maximum Gasteiger partial charge on any atom is 0.212 e. The third-order valence-corrected chi connectivity index (χ3v) is 5.09. The topological polar surface area (TPSA) is 3.88 Å². The molecule has 110 valence electrons. The Bertz CT molecular complexity index is 708. The molecule has 3 rings (SSSR count). The molecule has 1 heteroatoms. The largest absolute Gasteiger partial charge is 0.212 e. The fourth-order valence-corrected chi connectivity index (χ4v) is 4.52. The summed E-state index contributed by atoms with van der Waals surface area (Å²) >= 11 is 0. The smallest absolute Gasteiger partial charge is 0.201 e. The molecule has 1 aromatic carbocycles. The molecule has 0 amide bonds. The van der Waals surface area contributed by atoms with Crippen LogP contribution >= 0.6 is 0 Å². The molecule has 0 radical (unpaired) electrons. The van der Waals surface area contributed by atoms with Crippen molar-refractivity contribution in [2.24, 2.45) is 7.05 Å². The third-order valence-electron chi connectivity index (χ3n) is 5.09. The van der Waals surface area contributed by atoms with Gasteiger partial charge in [0.25, 0.3) is 0 Å². The van der Waals surface area contributed by atoms with Gasteiger partial charge in [-0.15, -0.1) is 0 Å². The summed E-state index contributed by atoms with van der Waals surface area (Å²) in [6.45, 7) is 11.8. The van der Waals surface area contributed by atoms with Crippen molar-refractivity contribution < 1.29 is 4.57 Å². The fourth-order valence-electron chi connectivity index (χ4n) is 4.52. The number of hydrogen-bond donors (Lipinski definition) is 0. The quantitative estimate of drug-likeness (QED) is 0.680. The lowest BCUT2D eigenvalue weighted by atomic mass is 9.81. The highest BCUT2D eigenvalue weighted by Gasteiger charge is 2.43. The van der Waals surface area contributed by atoms with Gasteiger partial charge in [0.2, 0.25) is 5.69 Å². The lowest BCUT2D eigenvalue weighted by Gasteiger charge is -2.23. The SMILES string of the molecule is Cc1c(-c2cccc[n+]2C)ccc2c1C(C)(C)CC2(C)C. The van der Waals surface area contributed by atoms with Crippen molar-refractivity contribution in [3.63, 3.8) is 0 Å². The van der Waals surface area contributed by atoms with Crippen LogP contribution in [0.15, 0.2) is 36.5 Å². The molecule has 1 heterocycles. The first kappa shape index (κ1) is 14.3. The number of aromatic nitrogens is 1. The monoisotopic (exact) mass is 280 g/mol. The van der Waals surface area contributed by atoms with Crippen LogP contribution in [0.5, 0.6) is 0 Å². The maximum atomic E-state index is 2.39. The number of hydrogen-bond acceptors (Lipinski definition) is 0. The van der Waals surface area contributed by atoms with Crippen LogP contribution in [0.25, 0.3) is 11.3 Å². The Morgan fingerprint density at radius 2 is 1.67 bits per heavy atom. The minimum absolute atomic E-state index is 0.256. The van der Waals surface area contributed by atoms with Crippen molar-refractivity contribution in [3.8, 4) is 11.3 Å². The van der Waals surface area contributed by atoms with Crippen molar-refractivity contribution in [1.29, 1.82) is 0 Å². The third kappa shape index (κ3) is 2.10. The second kappa shape index (κ2) is 4.43. The molecule has 1 aromatic heterocycles. The molecule has 0 spiro atoms. The highest BCUT2D eigenvalue weighted by Crippen LogP contribution is 2.51. The van der Waals surface area contributed by atoms with E-state index >= 15 is 0 Å². The Balaban J connectivity index is 2.28. The number of benzene rings is 1. The molecule has 0 N–H and O–H groups in total. The number of rotatable bonds is 1. The van der Waals surface area contributed by atoms with Crippen molar-refractivity contribution >= 4 is 0 Å². The summed E-state index contributed by atoms with van der Waals surface area (Å²) in [6.07, 6.45) is 3.34. The predicted molar refractivity (Wildman–Crippen MR) is 88.5 cm³/mol. The van der Waals surface area contributed by atoms with Crippen LogP contribution in [0.3, 0.4) is 0 Å². The summed E-state index contributed by atoms with van der Waals surface area (Å²) < 4.78 is 2.21. The predicted octanol–water partition coefficient (Wildman–Crippen LogP) is 4.45. The number of aryl methyl sites for hydroxylation is 1. The van der Waals surface area contributed by atoms with Gasteiger partial charge in [-0.1, -0.05) is 33.8 Å². The molecule has 0 unspecified atom stereocenters. The lowest BCUT2D eigenvalue weighted by molar-refractivity contribution is -0.660. The van der Waals surface area contributed by atoms with Crippen LogP contribution in [-0.4, -0.2) is 0 Å². The number of nitrogens with zero attached hydrogens (tertiary/aromatic N) is 1. The minimum Gasteiger partial charge on any atom is -0.201 e. The summed E-state index contributed by atoms with van der Waals surface area (Å²) in [5.74, 6) is 0. The molecule has 0 bridgehead atoms. The van der Waals surface area contributed by atoms with E-state index in [1.54, 1.807) is 5.56 Å². The molecular formula is C20H26N+. The first-order chi connectivity index (χ1) is 9.74. The first-order valence-electron chi connectivity index (χ1n) is 7.84. The first-order valence-corrected chi connectivity index (χ1v) is 7.84. The van der Waals surface area contributed by atoms with Gasteiger partial charge in [0.15, 0.2) is 6.20 Å². The van der Waals surface area contributed by atoms with E-state index in [-0.39, 0.29) is 10.8 Å². The Kier molecular flexibility index (Phi) is 3.02. The van der Waals surface area contributed by atoms with Gasteiger partial charge < -0.3 is 0 Å². The Labute approximate surface area is 128 Å². The van der Waals surface area contributed by atoms with E-state index in [0.29, 0.717) is 0 Å². The zero-order chi connectivity index (χ0) is 15.4. The second-order valence-electron chi connectivity index (χ2n) is 7.80. The summed E-state index contributed by atoms with van der Waals surface area (Å²) in [5, 5.41) is 0. The fraction of sp³-hybridized carbons (Fsp3) is 0.450. The van der Waals surface area contributed by atoms with Gasteiger partial charge in [-0.25, -0.2) is 4.57 Å². The van der Waals surface area contributed by atoms with E-state index < -0.39 is 0 Å². The van der Waals surface area contributed by atoms with Crippen LogP contribution < -0.4 is 4.57 Å². The van der Waals surface area contributed by atoms with Crippen molar-refractivity contribution in [2.45, 2.75) is 51.9 Å². The molecule has 1 nitrogen and oxygen atoms in total. The molecule has 1 aliphatic carbocycles. The van der Waals surface area contributed by atoms with E-state index in [0.717, 1.165) is 0 Å². The minimum atomic E-state index is 0.256. The molecule has 0 saturated carbocycles. The van der Waals surface area contributed by atoms with E-state index in [1.807, 2.05) is 0 Å². The standard InChI is InChI=1S/C20H26N/c1-14-15(17-9-7-8-12-21(17)6)10-11-16-18(14)20(4,5)13-19(16,2)3/h7-12H,13H2,1-6H3/q+1. The summed E-state index contributed by atoms with van der Waals surface area (Å²) in [6, 6.07) is 11.1. The van der Waals surface area contributed by atoms with Gasteiger partial charge in [0.1, 0.15) is 7.05 Å². The molecular weight excluding hydrogens is 254 g/mol. The normalized spacial score (nSPS) is 18.6. The van der Waals surface area contributed by atoms with E-state index in [9.17, 15) is 0 Å². The van der Waals surface area contributed by atoms with E-state index in [2.05, 4.69) is 82.8 Å². The van der Waals surface area contributed by atoms with Crippen LogP contribution in [0, 0.1) is 6.92 Å². The lowest BCUT2D eigenvalue weighted by Crippen LogP contribution is -2.30. The maximum absolute atomic E-state index is 2.39. The molecule has 0 atom stereocenters. The van der Waals surface area contributed by atoms with Crippen molar-refractivity contribution in [3.05, 3.63) is 53.2 Å². The number of fused-ring (bicyclic) bond motifs is 1. The van der Waals surface area contributed by atoms with Crippen LogP contribution in [-0.2, 0) is 17.9 Å². The highest BCUT2D eigenvalue weighted by atomic mass is 14.9. The zero-order valence-electron chi connectivity index (χ0n) is 14.1. The van der Waals surface area contributed by atoms with E-state index in [4.69, 9.17) is 0 Å². The molecule has 0 aliphatic heterocycles. The molecule has 0 fully saturated rings. The van der Waals surface area contributed by atoms with Gasteiger partial charge in [0.05, 0.1) is 0 Å². The Morgan fingerprint density at radius 1 is 0.952 bits per heavy atom. The number of pyridine rings is 1. The van der Waals surface area contributed by atoms with Gasteiger partial charge in [-0.3, -0.25) is 0 Å². The van der Waals surface area contributed by atoms with Crippen molar-refractivity contribution in [1.82, 2.24) is 0 Å². The summed E-state index contributed by atoms with van der Waals surface area (Å²) in [7, 11) is 2.12. The Hall–Kier alpha value is -1.63. The van der Waals surface area contributed by atoms with Gasteiger partial charge in [0, 0.05) is 17.7 Å². The Morgan fingerprint density at radius 3 is 2.33 bits per heavy atom. The zero-order valence-corrected chi connectivity index (χ0v) is 14.1. The molecule has 21 heavy (non-hydrogen) atoms. The van der Waals surface area contributed by atoms with Gasteiger partial charge in [-0.05, 0) is 53.0 Å².